The van der Waals surface area contributed by atoms with Gasteiger partial charge in [0.1, 0.15) is 0 Å². The highest BCUT2D eigenvalue weighted by atomic mass is 79.9. The summed E-state index contributed by atoms with van der Waals surface area (Å²) in [7, 11) is 0. The molecule has 3 nitrogen and oxygen atoms in total. The van der Waals surface area contributed by atoms with Crippen LogP contribution in [0, 0.1) is 6.92 Å². The molecule has 0 saturated heterocycles. The number of thiophene rings is 1. The molecule has 0 aliphatic heterocycles. The molecule has 0 aliphatic rings. The van der Waals surface area contributed by atoms with Gasteiger partial charge in [-0.2, -0.15) is 0 Å². The molecule has 0 aliphatic carbocycles. The van der Waals surface area contributed by atoms with E-state index in [0.717, 1.165) is 20.0 Å². The number of aryl methyl sites for hydroxylation is 1. The Kier molecular flexibility index (Phi) is 3.80. The van der Waals surface area contributed by atoms with Gasteiger partial charge in [0.05, 0.1) is 14.4 Å². The first-order valence-corrected chi connectivity index (χ1v) is 7.74. The summed E-state index contributed by atoms with van der Waals surface area (Å²) in [6.07, 6.45) is 1.77. The van der Waals surface area contributed by atoms with Crippen molar-refractivity contribution in [1.82, 2.24) is 9.97 Å². The van der Waals surface area contributed by atoms with Gasteiger partial charge in [0.15, 0.2) is 0 Å². The predicted octanol–water partition coefficient (Wildman–Crippen LogP) is 5.02. The Labute approximate surface area is 129 Å². The molecule has 100 valence electrons. The molecule has 0 fully saturated rings. The second-order valence-electron chi connectivity index (χ2n) is 4.36. The van der Waals surface area contributed by atoms with E-state index in [9.17, 15) is 0 Å². The lowest BCUT2D eigenvalue weighted by atomic mass is 10.2. The van der Waals surface area contributed by atoms with Crippen LogP contribution in [-0.4, -0.2) is 9.97 Å². The first-order chi connectivity index (χ1) is 9.70. The van der Waals surface area contributed by atoms with Gasteiger partial charge in [-0.15, -0.1) is 11.3 Å². The summed E-state index contributed by atoms with van der Waals surface area (Å²) >= 11 is 5.13. The lowest BCUT2D eigenvalue weighted by Crippen LogP contribution is -1.97. The monoisotopic (exact) mass is 345 g/mol. The van der Waals surface area contributed by atoms with E-state index in [1.165, 1.54) is 5.56 Å². The SMILES string of the molecule is Cc1cccc(Nc2nccc(-c3ccc(Br)s3)n2)c1. The first kappa shape index (κ1) is 13.3. The molecule has 0 saturated carbocycles. The van der Waals surface area contributed by atoms with Crippen LogP contribution in [0.4, 0.5) is 11.6 Å². The zero-order valence-electron chi connectivity index (χ0n) is 10.8. The number of anilines is 2. The van der Waals surface area contributed by atoms with Gasteiger partial charge in [0, 0.05) is 11.9 Å². The Morgan fingerprint density at radius 2 is 2.05 bits per heavy atom. The van der Waals surface area contributed by atoms with Crippen LogP contribution in [0.25, 0.3) is 10.6 Å². The molecule has 2 heterocycles. The maximum absolute atomic E-state index is 4.55. The number of hydrogen-bond donors (Lipinski definition) is 1. The van der Waals surface area contributed by atoms with Crippen LogP contribution >= 0.6 is 27.3 Å². The van der Waals surface area contributed by atoms with Crippen molar-refractivity contribution in [3.63, 3.8) is 0 Å². The van der Waals surface area contributed by atoms with E-state index in [2.05, 4.69) is 50.3 Å². The molecule has 20 heavy (non-hydrogen) atoms. The van der Waals surface area contributed by atoms with Crippen LogP contribution in [0.15, 0.2) is 52.4 Å². The third kappa shape index (κ3) is 3.05. The Morgan fingerprint density at radius 1 is 1.15 bits per heavy atom. The molecule has 3 aromatic rings. The molecular weight excluding hydrogens is 334 g/mol. The van der Waals surface area contributed by atoms with Crippen LogP contribution in [0.3, 0.4) is 0 Å². The Hall–Kier alpha value is -1.72. The minimum absolute atomic E-state index is 0.609. The van der Waals surface area contributed by atoms with E-state index in [4.69, 9.17) is 0 Å². The summed E-state index contributed by atoms with van der Waals surface area (Å²) in [4.78, 5) is 9.93. The molecule has 1 aromatic carbocycles. The normalized spacial score (nSPS) is 10.5. The second-order valence-corrected chi connectivity index (χ2v) is 6.83. The van der Waals surface area contributed by atoms with Crippen molar-refractivity contribution in [2.45, 2.75) is 6.92 Å². The molecule has 0 unspecified atom stereocenters. The van der Waals surface area contributed by atoms with Gasteiger partial charge >= 0.3 is 0 Å². The smallest absolute Gasteiger partial charge is 0.227 e. The van der Waals surface area contributed by atoms with Gasteiger partial charge in [-0.1, -0.05) is 12.1 Å². The van der Waals surface area contributed by atoms with Crippen LogP contribution < -0.4 is 5.32 Å². The van der Waals surface area contributed by atoms with Crippen molar-refractivity contribution in [2.24, 2.45) is 0 Å². The van der Waals surface area contributed by atoms with Gasteiger partial charge in [-0.05, 0) is 58.7 Å². The molecule has 0 atom stereocenters. The van der Waals surface area contributed by atoms with E-state index in [-0.39, 0.29) is 0 Å². The van der Waals surface area contributed by atoms with Crippen LogP contribution in [0.2, 0.25) is 0 Å². The van der Waals surface area contributed by atoms with Gasteiger partial charge in [0.25, 0.3) is 0 Å². The van der Waals surface area contributed by atoms with Gasteiger partial charge in [-0.3, -0.25) is 0 Å². The van der Waals surface area contributed by atoms with Crippen molar-refractivity contribution >= 4 is 38.9 Å². The Morgan fingerprint density at radius 3 is 2.80 bits per heavy atom. The minimum Gasteiger partial charge on any atom is -0.324 e. The largest absolute Gasteiger partial charge is 0.324 e. The minimum atomic E-state index is 0.609. The highest BCUT2D eigenvalue weighted by Gasteiger charge is 2.05. The number of nitrogens with zero attached hydrogens (tertiary/aromatic N) is 2. The topological polar surface area (TPSA) is 37.8 Å². The lowest BCUT2D eigenvalue weighted by Gasteiger charge is -2.06. The van der Waals surface area contributed by atoms with Gasteiger partial charge < -0.3 is 5.32 Å². The maximum atomic E-state index is 4.55. The molecule has 0 spiro atoms. The van der Waals surface area contributed by atoms with Crippen molar-refractivity contribution < 1.29 is 0 Å². The molecule has 2 aromatic heterocycles. The van der Waals surface area contributed by atoms with Crippen LogP contribution in [0.5, 0.6) is 0 Å². The van der Waals surface area contributed by atoms with E-state index in [1.807, 2.05) is 30.3 Å². The van der Waals surface area contributed by atoms with E-state index in [0.29, 0.717) is 5.95 Å². The number of nitrogens with one attached hydrogen (secondary N) is 1. The zero-order valence-corrected chi connectivity index (χ0v) is 13.2. The second kappa shape index (κ2) is 5.73. The first-order valence-electron chi connectivity index (χ1n) is 6.13. The fourth-order valence-electron chi connectivity index (χ4n) is 1.86. The third-order valence-electron chi connectivity index (χ3n) is 2.76. The van der Waals surface area contributed by atoms with Crippen molar-refractivity contribution in [3.8, 4) is 10.6 Å². The number of hydrogen-bond acceptors (Lipinski definition) is 4. The van der Waals surface area contributed by atoms with Gasteiger partial charge in [-0.25, -0.2) is 9.97 Å². The summed E-state index contributed by atoms with van der Waals surface area (Å²) in [6.45, 7) is 2.06. The van der Waals surface area contributed by atoms with E-state index < -0.39 is 0 Å². The fourth-order valence-corrected chi connectivity index (χ4v) is 3.22. The third-order valence-corrected chi connectivity index (χ3v) is 4.40. The molecule has 0 bridgehead atoms. The quantitative estimate of drug-likeness (QED) is 0.724. The van der Waals surface area contributed by atoms with Crippen molar-refractivity contribution in [1.29, 1.82) is 0 Å². The van der Waals surface area contributed by atoms with Gasteiger partial charge in [0.2, 0.25) is 5.95 Å². The zero-order chi connectivity index (χ0) is 13.9. The number of halogens is 1. The highest BCUT2D eigenvalue weighted by Crippen LogP contribution is 2.30. The molecule has 5 heteroatoms. The fraction of sp³-hybridized carbons (Fsp3) is 0.0667. The number of rotatable bonds is 3. The Bertz CT molecular complexity index is 739. The van der Waals surface area contributed by atoms with E-state index in [1.54, 1.807) is 17.5 Å². The number of benzene rings is 1. The average molecular weight is 346 g/mol. The molecular formula is C15H12BrN3S. The summed E-state index contributed by atoms with van der Waals surface area (Å²) in [5, 5.41) is 3.23. The van der Waals surface area contributed by atoms with Crippen LogP contribution in [0.1, 0.15) is 5.56 Å². The summed E-state index contributed by atoms with van der Waals surface area (Å²) in [5.74, 6) is 0.609. The number of aromatic nitrogens is 2. The predicted molar refractivity (Wildman–Crippen MR) is 87.5 cm³/mol. The highest BCUT2D eigenvalue weighted by molar-refractivity contribution is 9.11. The molecule has 1 N–H and O–H groups in total. The summed E-state index contributed by atoms with van der Waals surface area (Å²) in [5.41, 5.74) is 3.12. The summed E-state index contributed by atoms with van der Waals surface area (Å²) in [6, 6.07) is 14.1. The van der Waals surface area contributed by atoms with Crippen LogP contribution in [-0.2, 0) is 0 Å². The standard InChI is InChI=1S/C15H12BrN3S/c1-10-3-2-4-11(9-10)18-15-17-8-7-12(19-15)13-5-6-14(16)20-13/h2-9H,1H3,(H,17,18,19). The van der Waals surface area contributed by atoms with E-state index >= 15 is 0 Å². The summed E-state index contributed by atoms with van der Waals surface area (Å²) < 4.78 is 1.10. The van der Waals surface area contributed by atoms with Crippen molar-refractivity contribution in [2.75, 3.05) is 5.32 Å². The lowest BCUT2D eigenvalue weighted by molar-refractivity contribution is 1.17. The van der Waals surface area contributed by atoms with Crippen molar-refractivity contribution in [3.05, 3.63) is 58.0 Å². The molecule has 0 amide bonds. The Balaban J connectivity index is 1.88. The average Bonchev–Trinajstić information content (AvgIpc) is 2.86. The molecule has 3 rings (SSSR count). The molecule has 0 radical (unpaired) electrons. The maximum Gasteiger partial charge on any atom is 0.227 e.